The fourth-order valence-electron chi connectivity index (χ4n) is 1.03. The van der Waals surface area contributed by atoms with Gasteiger partial charge in [-0.1, -0.05) is 0 Å². The van der Waals surface area contributed by atoms with E-state index in [1.54, 1.807) is 0 Å². The maximum Gasteiger partial charge on any atom is 0.404 e. The average Bonchev–Trinajstić information content (AvgIpc) is 2.25. The Hall–Kier alpha value is -2.38. The molecule has 8 heteroatoms. The maximum atomic E-state index is 10.4. The van der Waals surface area contributed by atoms with Crippen molar-refractivity contribution in [1.82, 2.24) is 10.3 Å². The molecule has 0 bridgehead atoms. The number of nitrogens with zero attached hydrogens (tertiary/aromatic N) is 2. The van der Waals surface area contributed by atoms with E-state index >= 15 is 0 Å². The Labute approximate surface area is 90.0 Å². The van der Waals surface area contributed by atoms with Crippen molar-refractivity contribution in [2.75, 3.05) is 7.11 Å². The summed E-state index contributed by atoms with van der Waals surface area (Å²) >= 11 is 0. The lowest BCUT2D eigenvalue weighted by Gasteiger charge is -2.06. The first-order chi connectivity index (χ1) is 7.54. The third kappa shape index (κ3) is 2.80. The lowest BCUT2D eigenvalue weighted by atomic mass is 10.3. The van der Waals surface area contributed by atoms with Crippen LogP contribution in [-0.4, -0.2) is 28.2 Å². The molecular formula is C8H9N3O5. The van der Waals surface area contributed by atoms with Gasteiger partial charge in [0.2, 0.25) is 0 Å². The highest BCUT2D eigenvalue weighted by atomic mass is 16.6. The predicted molar refractivity (Wildman–Crippen MR) is 52.3 cm³/mol. The first-order valence-electron chi connectivity index (χ1n) is 4.18. The average molecular weight is 227 g/mol. The minimum absolute atomic E-state index is 0.0729. The van der Waals surface area contributed by atoms with Crippen LogP contribution in [0.2, 0.25) is 0 Å². The maximum absolute atomic E-state index is 10.4. The SMILES string of the molecule is COc1cc([N+](=O)[O-])cnc1CNC(=O)O. The topological polar surface area (TPSA) is 115 Å². The molecule has 1 heterocycles. The molecular weight excluding hydrogens is 218 g/mol. The number of aromatic nitrogens is 1. The van der Waals surface area contributed by atoms with Gasteiger partial charge in [0.15, 0.2) is 0 Å². The van der Waals surface area contributed by atoms with Crippen LogP contribution >= 0.6 is 0 Å². The molecule has 86 valence electrons. The number of carbonyl (C=O) groups is 1. The number of hydrogen-bond acceptors (Lipinski definition) is 5. The molecule has 2 N–H and O–H groups in total. The molecule has 0 aliphatic rings. The molecule has 0 saturated carbocycles. The Kier molecular flexibility index (Phi) is 3.59. The highest BCUT2D eigenvalue weighted by Crippen LogP contribution is 2.21. The van der Waals surface area contributed by atoms with Crippen molar-refractivity contribution in [2.24, 2.45) is 0 Å². The molecule has 0 saturated heterocycles. The summed E-state index contributed by atoms with van der Waals surface area (Å²) in [6.45, 7) is -0.0729. The van der Waals surface area contributed by atoms with Gasteiger partial charge in [-0.3, -0.25) is 10.1 Å². The van der Waals surface area contributed by atoms with E-state index < -0.39 is 11.0 Å². The molecule has 0 unspecified atom stereocenters. The number of nitro groups is 1. The predicted octanol–water partition coefficient (Wildman–Crippen LogP) is 0.766. The van der Waals surface area contributed by atoms with E-state index in [1.165, 1.54) is 13.2 Å². The van der Waals surface area contributed by atoms with Crippen LogP contribution in [0.15, 0.2) is 12.3 Å². The molecule has 0 spiro atoms. The number of ether oxygens (including phenoxy) is 1. The molecule has 0 fully saturated rings. The fourth-order valence-corrected chi connectivity index (χ4v) is 1.03. The Morgan fingerprint density at radius 1 is 1.75 bits per heavy atom. The van der Waals surface area contributed by atoms with Gasteiger partial charge in [-0.25, -0.2) is 9.78 Å². The molecule has 1 aromatic heterocycles. The molecule has 1 amide bonds. The van der Waals surface area contributed by atoms with Crippen molar-refractivity contribution >= 4 is 11.8 Å². The number of carboxylic acid groups (broad SMARTS) is 1. The zero-order valence-electron chi connectivity index (χ0n) is 8.34. The first kappa shape index (κ1) is 11.7. The number of hydrogen-bond donors (Lipinski definition) is 2. The van der Waals surface area contributed by atoms with Crippen molar-refractivity contribution in [3.05, 3.63) is 28.1 Å². The second-order valence-electron chi connectivity index (χ2n) is 2.76. The third-order valence-electron chi connectivity index (χ3n) is 1.75. The summed E-state index contributed by atoms with van der Waals surface area (Å²) in [6, 6.07) is 1.19. The second kappa shape index (κ2) is 4.91. The summed E-state index contributed by atoms with van der Waals surface area (Å²) in [5.41, 5.74) is 0.0754. The van der Waals surface area contributed by atoms with Gasteiger partial charge in [-0.05, 0) is 0 Å². The lowest BCUT2D eigenvalue weighted by Crippen LogP contribution is -2.21. The van der Waals surface area contributed by atoms with Crippen molar-refractivity contribution in [3.63, 3.8) is 0 Å². The number of amides is 1. The zero-order valence-corrected chi connectivity index (χ0v) is 8.34. The van der Waals surface area contributed by atoms with E-state index in [1.807, 2.05) is 0 Å². The van der Waals surface area contributed by atoms with Gasteiger partial charge in [0, 0.05) is 0 Å². The van der Waals surface area contributed by atoms with Crippen LogP contribution in [0.4, 0.5) is 10.5 Å². The summed E-state index contributed by atoms with van der Waals surface area (Å²) < 4.78 is 4.87. The van der Waals surface area contributed by atoms with Crippen molar-refractivity contribution < 1.29 is 19.6 Å². The van der Waals surface area contributed by atoms with Crippen LogP contribution in [-0.2, 0) is 6.54 Å². The minimum Gasteiger partial charge on any atom is -0.495 e. The third-order valence-corrected chi connectivity index (χ3v) is 1.75. The van der Waals surface area contributed by atoms with Crippen LogP contribution in [0.25, 0.3) is 0 Å². The summed E-state index contributed by atoms with van der Waals surface area (Å²) in [6.07, 6.45) is -0.163. The first-order valence-corrected chi connectivity index (χ1v) is 4.18. The van der Waals surface area contributed by atoms with Gasteiger partial charge in [0.25, 0.3) is 5.69 Å². The van der Waals surface area contributed by atoms with E-state index in [0.29, 0.717) is 0 Å². The molecule has 0 radical (unpaired) electrons. The second-order valence-corrected chi connectivity index (χ2v) is 2.76. The summed E-state index contributed by atoms with van der Waals surface area (Å²) in [5, 5.41) is 20.9. The van der Waals surface area contributed by atoms with Gasteiger partial charge < -0.3 is 15.2 Å². The van der Waals surface area contributed by atoms with Crippen molar-refractivity contribution in [1.29, 1.82) is 0 Å². The lowest BCUT2D eigenvalue weighted by molar-refractivity contribution is -0.385. The smallest absolute Gasteiger partial charge is 0.404 e. The van der Waals surface area contributed by atoms with Gasteiger partial charge in [-0.15, -0.1) is 0 Å². The van der Waals surface area contributed by atoms with E-state index in [4.69, 9.17) is 9.84 Å². The quantitative estimate of drug-likeness (QED) is 0.579. The highest BCUT2D eigenvalue weighted by molar-refractivity contribution is 5.64. The largest absolute Gasteiger partial charge is 0.495 e. The van der Waals surface area contributed by atoms with E-state index in [0.717, 1.165) is 6.20 Å². The number of methoxy groups -OCH3 is 1. The van der Waals surface area contributed by atoms with E-state index in [2.05, 4.69) is 10.3 Å². The Morgan fingerprint density at radius 3 is 2.94 bits per heavy atom. The van der Waals surface area contributed by atoms with E-state index in [9.17, 15) is 14.9 Å². The van der Waals surface area contributed by atoms with Crippen LogP contribution in [0.3, 0.4) is 0 Å². The number of nitrogens with one attached hydrogen (secondary N) is 1. The van der Waals surface area contributed by atoms with Gasteiger partial charge in [-0.2, -0.15) is 0 Å². The molecule has 0 aromatic carbocycles. The van der Waals surface area contributed by atoms with Crippen LogP contribution in [0.5, 0.6) is 5.75 Å². The Bertz CT molecular complexity index is 420. The number of rotatable bonds is 4. The Morgan fingerprint density at radius 2 is 2.44 bits per heavy atom. The molecule has 0 aliphatic heterocycles. The number of pyridine rings is 1. The molecule has 1 rings (SSSR count). The van der Waals surface area contributed by atoms with Crippen molar-refractivity contribution in [3.8, 4) is 5.75 Å². The van der Waals surface area contributed by atoms with Gasteiger partial charge in [0.1, 0.15) is 17.6 Å². The molecule has 0 aliphatic carbocycles. The van der Waals surface area contributed by atoms with Crippen LogP contribution in [0.1, 0.15) is 5.69 Å². The summed E-state index contributed by atoms with van der Waals surface area (Å²) in [4.78, 5) is 23.8. The normalized spacial score (nSPS) is 9.56. The Balaban J connectivity index is 2.93. The van der Waals surface area contributed by atoms with E-state index in [-0.39, 0.29) is 23.7 Å². The molecule has 8 nitrogen and oxygen atoms in total. The molecule has 16 heavy (non-hydrogen) atoms. The van der Waals surface area contributed by atoms with Crippen LogP contribution < -0.4 is 10.1 Å². The molecule has 0 atom stereocenters. The fraction of sp³-hybridized carbons (Fsp3) is 0.250. The molecule has 1 aromatic rings. The summed E-state index contributed by atoms with van der Waals surface area (Å²) in [7, 11) is 1.32. The van der Waals surface area contributed by atoms with Gasteiger partial charge in [0.05, 0.1) is 24.6 Å². The van der Waals surface area contributed by atoms with Crippen molar-refractivity contribution in [2.45, 2.75) is 6.54 Å². The standard InChI is InChI=1S/C8H9N3O5/c1-16-7-2-5(11(14)15)3-9-6(7)4-10-8(12)13/h2-3,10H,4H2,1H3,(H,12,13). The zero-order chi connectivity index (χ0) is 12.1. The van der Waals surface area contributed by atoms with Crippen LogP contribution in [0, 0.1) is 10.1 Å². The summed E-state index contributed by atoms with van der Waals surface area (Å²) in [5.74, 6) is 0.169. The monoisotopic (exact) mass is 227 g/mol. The minimum atomic E-state index is -1.21. The van der Waals surface area contributed by atoms with Gasteiger partial charge >= 0.3 is 6.09 Å². The highest BCUT2D eigenvalue weighted by Gasteiger charge is 2.13.